The van der Waals surface area contributed by atoms with Crippen LogP contribution in [0.3, 0.4) is 0 Å². The number of urea groups is 1. The van der Waals surface area contributed by atoms with Crippen molar-refractivity contribution in [2.45, 2.75) is 63.5 Å². The fourth-order valence-corrected chi connectivity index (χ4v) is 2.78. The van der Waals surface area contributed by atoms with E-state index in [0.717, 1.165) is 18.5 Å². The van der Waals surface area contributed by atoms with Gasteiger partial charge in [-0.3, -0.25) is 5.32 Å². The van der Waals surface area contributed by atoms with E-state index in [1.165, 1.54) is 38.5 Å². The summed E-state index contributed by atoms with van der Waals surface area (Å²) < 4.78 is 0. The topological polar surface area (TPSA) is 66.0 Å². The molecular weight excluding hydrogens is 264 g/mol. The van der Waals surface area contributed by atoms with E-state index in [-0.39, 0.29) is 6.03 Å². The monoisotopic (exact) mass is 288 g/mol. The molecule has 2 aliphatic rings. The van der Waals surface area contributed by atoms with Gasteiger partial charge >= 0.3 is 6.03 Å². The molecule has 2 fully saturated rings. The average molecular weight is 288 g/mol. The molecule has 0 bridgehead atoms. The first-order valence-corrected chi connectivity index (χ1v) is 8.10. The molecule has 0 radical (unpaired) electrons. The van der Waals surface area contributed by atoms with Gasteiger partial charge < -0.3 is 10.6 Å². The summed E-state index contributed by atoms with van der Waals surface area (Å²) in [6.45, 7) is 0. The molecule has 3 N–H and O–H groups in total. The van der Waals surface area contributed by atoms with E-state index in [9.17, 15) is 4.79 Å². The first-order valence-electron chi connectivity index (χ1n) is 8.10. The first-order chi connectivity index (χ1) is 10.3. The normalized spacial score (nSPS) is 19.6. The molecule has 0 aromatic carbocycles. The quantitative estimate of drug-likeness (QED) is 0.743. The molecule has 1 aromatic rings. The summed E-state index contributed by atoms with van der Waals surface area (Å²) in [4.78, 5) is 15.9. The summed E-state index contributed by atoms with van der Waals surface area (Å²) in [6.07, 6.45) is 11.8. The lowest BCUT2D eigenvalue weighted by Crippen LogP contribution is -2.30. The Labute approximate surface area is 125 Å². The number of rotatable bonds is 4. The van der Waals surface area contributed by atoms with Gasteiger partial charge in [0.15, 0.2) is 0 Å². The molecule has 0 saturated heterocycles. The summed E-state index contributed by atoms with van der Waals surface area (Å²) in [5.74, 6) is 0.597. The van der Waals surface area contributed by atoms with E-state index in [2.05, 4.69) is 20.9 Å². The van der Waals surface area contributed by atoms with Crippen molar-refractivity contribution in [2.24, 2.45) is 0 Å². The average Bonchev–Trinajstić information content (AvgIpc) is 3.29. The Morgan fingerprint density at radius 3 is 2.38 bits per heavy atom. The number of carbonyl (C=O) groups is 1. The summed E-state index contributed by atoms with van der Waals surface area (Å²) in [7, 11) is 0. The molecule has 114 valence electrons. The van der Waals surface area contributed by atoms with Crippen molar-refractivity contribution in [2.75, 3.05) is 10.6 Å². The molecule has 1 heterocycles. The summed E-state index contributed by atoms with van der Waals surface area (Å²) in [5.41, 5.74) is 1.04. The van der Waals surface area contributed by atoms with Gasteiger partial charge in [0.05, 0.1) is 11.9 Å². The van der Waals surface area contributed by atoms with Crippen LogP contribution in [-0.4, -0.2) is 23.1 Å². The van der Waals surface area contributed by atoms with E-state index in [0.29, 0.717) is 17.9 Å². The number of nitrogens with zero attached hydrogens (tertiary/aromatic N) is 1. The van der Waals surface area contributed by atoms with Crippen LogP contribution in [0.2, 0.25) is 0 Å². The molecular formula is C16H24N4O. The van der Waals surface area contributed by atoms with Crippen molar-refractivity contribution in [1.82, 2.24) is 10.3 Å². The standard InChI is InChI=1S/C16H24N4O/c21-16(19-13-7-8-13)20-15-10-9-14(11-17-15)18-12-5-3-1-2-4-6-12/h9-13,18H,1-8H2,(H2,17,19,20,21). The summed E-state index contributed by atoms with van der Waals surface area (Å²) in [6, 6.07) is 4.61. The van der Waals surface area contributed by atoms with Crippen LogP contribution in [0.4, 0.5) is 16.3 Å². The van der Waals surface area contributed by atoms with Gasteiger partial charge in [0.25, 0.3) is 0 Å². The fourth-order valence-electron chi connectivity index (χ4n) is 2.78. The Kier molecular flexibility index (Phi) is 4.58. The lowest BCUT2D eigenvalue weighted by Gasteiger charge is -2.17. The zero-order valence-corrected chi connectivity index (χ0v) is 12.4. The van der Waals surface area contributed by atoms with Crippen LogP contribution in [0.5, 0.6) is 0 Å². The van der Waals surface area contributed by atoms with E-state index in [4.69, 9.17) is 0 Å². The molecule has 5 nitrogen and oxygen atoms in total. The number of pyridine rings is 1. The highest BCUT2D eigenvalue weighted by molar-refractivity contribution is 5.88. The van der Waals surface area contributed by atoms with Crippen LogP contribution in [-0.2, 0) is 0 Å². The van der Waals surface area contributed by atoms with Crippen molar-refractivity contribution in [3.63, 3.8) is 0 Å². The highest BCUT2D eigenvalue weighted by Gasteiger charge is 2.23. The van der Waals surface area contributed by atoms with Crippen molar-refractivity contribution < 1.29 is 4.79 Å². The highest BCUT2D eigenvalue weighted by atomic mass is 16.2. The predicted molar refractivity (Wildman–Crippen MR) is 84.5 cm³/mol. The number of hydrogen-bond acceptors (Lipinski definition) is 3. The van der Waals surface area contributed by atoms with Gasteiger partial charge in [0.1, 0.15) is 5.82 Å². The number of anilines is 2. The smallest absolute Gasteiger partial charge is 0.320 e. The number of amides is 2. The minimum atomic E-state index is -0.158. The molecule has 2 saturated carbocycles. The van der Waals surface area contributed by atoms with Gasteiger partial charge in [-0.25, -0.2) is 9.78 Å². The van der Waals surface area contributed by atoms with Gasteiger partial charge in [-0.2, -0.15) is 0 Å². The second-order valence-corrected chi connectivity index (χ2v) is 6.14. The molecule has 5 heteroatoms. The number of nitrogens with one attached hydrogen (secondary N) is 3. The highest BCUT2D eigenvalue weighted by Crippen LogP contribution is 2.21. The van der Waals surface area contributed by atoms with Crippen molar-refractivity contribution in [3.8, 4) is 0 Å². The van der Waals surface area contributed by atoms with Gasteiger partial charge in [-0.1, -0.05) is 25.7 Å². The summed E-state index contributed by atoms with van der Waals surface area (Å²) >= 11 is 0. The Balaban J connectivity index is 1.49. The van der Waals surface area contributed by atoms with Crippen LogP contribution < -0.4 is 16.0 Å². The zero-order chi connectivity index (χ0) is 14.5. The van der Waals surface area contributed by atoms with Gasteiger partial charge in [-0.05, 0) is 37.8 Å². The number of carbonyl (C=O) groups excluding carboxylic acids is 1. The molecule has 0 spiro atoms. The minimum Gasteiger partial charge on any atom is -0.381 e. The third-order valence-electron chi connectivity index (χ3n) is 4.14. The molecule has 0 unspecified atom stereocenters. The first kappa shape index (κ1) is 14.2. The maximum Gasteiger partial charge on any atom is 0.320 e. The fraction of sp³-hybridized carbons (Fsp3) is 0.625. The largest absolute Gasteiger partial charge is 0.381 e. The Morgan fingerprint density at radius 1 is 1.00 bits per heavy atom. The molecule has 0 aliphatic heterocycles. The zero-order valence-electron chi connectivity index (χ0n) is 12.4. The van der Waals surface area contributed by atoms with E-state index in [1.807, 2.05) is 12.1 Å². The van der Waals surface area contributed by atoms with Gasteiger partial charge in [0.2, 0.25) is 0 Å². The van der Waals surface area contributed by atoms with Crippen LogP contribution in [0.1, 0.15) is 51.4 Å². The van der Waals surface area contributed by atoms with Crippen LogP contribution in [0, 0.1) is 0 Å². The van der Waals surface area contributed by atoms with Crippen molar-refractivity contribution in [1.29, 1.82) is 0 Å². The third-order valence-corrected chi connectivity index (χ3v) is 4.14. The summed E-state index contributed by atoms with van der Waals surface area (Å²) in [5, 5.41) is 9.20. The lowest BCUT2D eigenvalue weighted by atomic mass is 10.1. The molecule has 2 amide bonds. The number of hydrogen-bond donors (Lipinski definition) is 3. The lowest BCUT2D eigenvalue weighted by molar-refractivity contribution is 0.251. The van der Waals surface area contributed by atoms with E-state index < -0.39 is 0 Å². The predicted octanol–water partition coefficient (Wildman–Crippen LogP) is 3.50. The van der Waals surface area contributed by atoms with E-state index >= 15 is 0 Å². The maximum absolute atomic E-state index is 11.6. The second-order valence-electron chi connectivity index (χ2n) is 6.14. The molecule has 0 atom stereocenters. The van der Waals surface area contributed by atoms with Crippen LogP contribution >= 0.6 is 0 Å². The molecule has 1 aromatic heterocycles. The molecule has 21 heavy (non-hydrogen) atoms. The molecule has 2 aliphatic carbocycles. The number of aromatic nitrogens is 1. The van der Waals surface area contributed by atoms with Crippen LogP contribution in [0.25, 0.3) is 0 Å². The van der Waals surface area contributed by atoms with Crippen molar-refractivity contribution in [3.05, 3.63) is 18.3 Å². The Morgan fingerprint density at radius 2 is 1.76 bits per heavy atom. The van der Waals surface area contributed by atoms with Gasteiger partial charge in [-0.15, -0.1) is 0 Å². The second kappa shape index (κ2) is 6.78. The van der Waals surface area contributed by atoms with Crippen LogP contribution in [0.15, 0.2) is 18.3 Å². The van der Waals surface area contributed by atoms with Gasteiger partial charge in [0, 0.05) is 12.1 Å². The Hall–Kier alpha value is -1.78. The molecule has 3 rings (SSSR count). The SMILES string of the molecule is O=C(Nc1ccc(NC2CCCCCC2)cn1)NC1CC1. The maximum atomic E-state index is 11.6. The third kappa shape index (κ3) is 4.62. The Bertz CT molecular complexity index is 462. The minimum absolute atomic E-state index is 0.158. The van der Waals surface area contributed by atoms with Crippen molar-refractivity contribution >= 4 is 17.5 Å². The van der Waals surface area contributed by atoms with E-state index in [1.54, 1.807) is 6.20 Å².